The van der Waals surface area contributed by atoms with Gasteiger partial charge < -0.3 is 15.3 Å². The van der Waals surface area contributed by atoms with Crippen molar-refractivity contribution in [1.82, 2.24) is 10.2 Å². The molecular formula is C14H20F2N2O. The van der Waals surface area contributed by atoms with Crippen molar-refractivity contribution in [2.45, 2.75) is 25.0 Å². The van der Waals surface area contributed by atoms with Crippen LogP contribution < -0.4 is 5.32 Å². The van der Waals surface area contributed by atoms with Crippen molar-refractivity contribution in [3.8, 4) is 0 Å². The number of aliphatic hydroxyl groups is 1. The van der Waals surface area contributed by atoms with Gasteiger partial charge in [-0.15, -0.1) is 0 Å². The van der Waals surface area contributed by atoms with Crippen LogP contribution in [0.1, 0.15) is 24.5 Å². The van der Waals surface area contributed by atoms with Crippen molar-refractivity contribution in [3.05, 3.63) is 35.4 Å². The van der Waals surface area contributed by atoms with Crippen LogP contribution in [0, 0.1) is 11.6 Å². The highest BCUT2D eigenvalue weighted by atomic mass is 19.1. The molecule has 1 saturated heterocycles. The molecule has 1 heterocycles. The van der Waals surface area contributed by atoms with Crippen LogP contribution in [0.2, 0.25) is 0 Å². The molecule has 1 aromatic rings. The topological polar surface area (TPSA) is 35.5 Å². The van der Waals surface area contributed by atoms with Crippen LogP contribution in [0.4, 0.5) is 8.78 Å². The number of halogens is 2. The second-order valence-corrected chi connectivity index (χ2v) is 5.12. The maximum absolute atomic E-state index is 13.4. The van der Waals surface area contributed by atoms with Crippen molar-refractivity contribution in [2.24, 2.45) is 0 Å². The molecule has 2 atom stereocenters. The molecule has 0 saturated carbocycles. The molecule has 0 aromatic heterocycles. The molecular weight excluding hydrogens is 250 g/mol. The zero-order valence-electron chi connectivity index (χ0n) is 11.1. The second kappa shape index (κ2) is 6.41. The third-order valence-electron chi connectivity index (χ3n) is 3.71. The average molecular weight is 270 g/mol. The number of hydrogen-bond donors (Lipinski definition) is 2. The summed E-state index contributed by atoms with van der Waals surface area (Å²) in [5, 5.41) is 13.0. The Bertz CT molecular complexity index is 428. The van der Waals surface area contributed by atoms with Crippen LogP contribution in [-0.2, 0) is 0 Å². The lowest BCUT2D eigenvalue weighted by Crippen LogP contribution is -2.37. The monoisotopic (exact) mass is 270 g/mol. The molecule has 19 heavy (non-hydrogen) atoms. The molecule has 0 amide bonds. The largest absolute Gasteiger partial charge is 0.387 e. The third-order valence-corrected chi connectivity index (χ3v) is 3.71. The van der Waals surface area contributed by atoms with E-state index in [1.54, 1.807) is 0 Å². The van der Waals surface area contributed by atoms with Gasteiger partial charge in [0.05, 0.1) is 6.10 Å². The first-order valence-electron chi connectivity index (χ1n) is 6.62. The number of nitrogens with one attached hydrogen (secondary N) is 1. The summed E-state index contributed by atoms with van der Waals surface area (Å²) in [4.78, 5) is 2.27. The summed E-state index contributed by atoms with van der Waals surface area (Å²) in [6, 6.07) is 3.60. The van der Waals surface area contributed by atoms with E-state index < -0.39 is 17.7 Å². The number of benzene rings is 1. The second-order valence-electron chi connectivity index (χ2n) is 5.12. The fourth-order valence-electron chi connectivity index (χ4n) is 2.50. The molecule has 2 N–H and O–H groups in total. The molecule has 2 rings (SSSR count). The van der Waals surface area contributed by atoms with Gasteiger partial charge in [0.25, 0.3) is 0 Å². The summed E-state index contributed by atoms with van der Waals surface area (Å²) in [7, 11) is 2.07. The van der Waals surface area contributed by atoms with Crippen molar-refractivity contribution in [2.75, 3.05) is 26.7 Å². The van der Waals surface area contributed by atoms with E-state index >= 15 is 0 Å². The highest BCUT2D eigenvalue weighted by Gasteiger charge is 2.21. The molecule has 0 radical (unpaired) electrons. The lowest BCUT2D eigenvalue weighted by atomic mass is 10.1. The van der Waals surface area contributed by atoms with Gasteiger partial charge in [0.1, 0.15) is 11.6 Å². The van der Waals surface area contributed by atoms with Gasteiger partial charge >= 0.3 is 0 Å². The van der Waals surface area contributed by atoms with Gasteiger partial charge in [-0.1, -0.05) is 0 Å². The fraction of sp³-hybridized carbons (Fsp3) is 0.571. The normalized spacial score (nSPS) is 21.8. The molecule has 5 heteroatoms. The molecule has 1 aliphatic heterocycles. The minimum Gasteiger partial charge on any atom is -0.387 e. The van der Waals surface area contributed by atoms with Gasteiger partial charge in [0, 0.05) is 24.7 Å². The molecule has 2 unspecified atom stereocenters. The predicted octanol–water partition coefficient (Wildman–Crippen LogP) is 1.68. The maximum Gasteiger partial charge on any atom is 0.129 e. The van der Waals surface area contributed by atoms with Crippen LogP contribution in [0.3, 0.4) is 0 Å². The molecule has 1 aliphatic rings. The molecule has 0 aliphatic carbocycles. The van der Waals surface area contributed by atoms with Gasteiger partial charge in [0.15, 0.2) is 0 Å². The van der Waals surface area contributed by atoms with E-state index in [4.69, 9.17) is 0 Å². The maximum atomic E-state index is 13.4. The first-order valence-corrected chi connectivity index (χ1v) is 6.62. The first kappa shape index (κ1) is 14.4. The van der Waals surface area contributed by atoms with Crippen molar-refractivity contribution in [1.29, 1.82) is 0 Å². The van der Waals surface area contributed by atoms with Crippen LogP contribution in [-0.4, -0.2) is 42.7 Å². The lowest BCUT2D eigenvalue weighted by Gasteiger charge is -2.21. The molecule has 106 valence electrons. The van der Waals surface area contributed by atoms with Gasteiger partial charge in [-0.3, -0.25) is 0 Å². The lowest BCUT2D eigenvalue weighted by molar-refractivity contribution is 0.165. The van der Waals surface area contributed by atoms with E-state index in [1.807, 2.05) is 0 Å². The zero-order valence-corrected chi connectivity index (χ0v) is 11.1. The molecule has 0 spiro atoms. The number of likely N-dealkylation sites (tertiary alicyclic amines) is 1. The smallest absolute Gasteiger partial charge is 0.129 e. The number of hydrogen-bond acceptors (Lipinski definition) is 3. The standard InChI is InChI=1S/C14H20F2N2O/c1-18-6-2-3-11(18)8-17-9-14(19)12-7-10(15)4-5-13(12)16/h4-5,7,11,14,17,19H,2-3,6,8-9H2,1H3. The highest BCUT2D eigenvalue weighted by Crippen LogP contribution is 2.18. The van der Waals surface area contributed by atoms with Crippen molar-refractivity contribution in [3.63, 3.8) is 0 Å². The SMILES string of the molecule is CN1CCCC1CNCC(O)c1cc(F)ccc1F. The summed E-state index contributed by atoms with van der Waals surface area (Å²) in [5.74, 6) is -1.11. The Balaban J connectivity index is 1.83. The van der Waals surface area contributed by atoms with Crippen LogP contribution in [0.15, 0.2) is 18.2 Å². The van der Waals surface area contributed by atoms with Gasteiger partial charge in [-0.2, -0.15) is 0 Å². The van der Waals surface area contributed by atoms with E-state index in [0.717, 1.165) is 37.7 Å². The zero-order chi connectivity index (χ0) is 13.8. The number of nitrogens with zero attached hydrogens (tertiary/aromatic N) is 1. The van der Waals surface area contributed by atoms with E-state index in [0.29, 0.717) is 6.04 Å². The van der Waals surface area contributed by atoms with Gasteiger partial charge in [0.2, 0.25) is 0 Å². The molecule has 0 bridgehead atoms. The van der Waals surface area contributed by atoms with Crippen molar-refractivity contribution < 1.29 is 13.9 Å². The van der Waals surface area contributed by atoms with Crippen molar-refractivity contribution >= 4 is 0 Å². The molecule has 1 aromatic carbocycles. The summed E-state index contributed by atoms with van der Waals surface area (Å²) in [6.07, 6.45) is 1.29. The van der Waals surface area contributed by atoms with E-state index in [-0.39, 0.29) is 12.1 Å². The molecule has 3 nitrogen and oxygen atoms in total. The summed E-state index contributed by atoms with van der Waals surface area (Å²) >= 11 is 0. The minimum atomic E-state index is -1.03. The Labute approximate surface area is 112 Å². The number of aliphatic hydroxyl groups excluding tert-OH is 1. The average Bonchev–Trinajstić information content (AvgIpc) is 2.78. The molecule has 1 fully saturated rings. The Kier molecular flexibility index (Phi) is 4.85. The summed E-state index contributed by atoms with van der Waals surface area (Å²) in [5.41, 5.74) is 0.00674. The Morgan fingerprint density at radius 2 is 2.26 bits per heavy atom. The number of rotatable bonds is 5. The third kappa shape index (κ3) is 3.72. The Morgan fingerprint density at radius 3 is 2.95 bits per heavy atom. The first-order chi connectivity index (χ1) is 9.08. The quantitative estimate of drug-likeness (QED) is 0.854. The number of likely N-dealkylation sites (N-methyl/N-ethyl adjacent to an activating group) is 1. The minimum absolute atomic E-state index is 0.00674. The summed E-state index contributed by atoms with van der Waals surface area (Å²) in [6.45, 7) is 2.07. The van der Waals surface area contributed by atoms with Crippen LogP contribution in [0.25, 0.3) is 0 Å². The Hall–Kier alpha value is -1.04. The van der Waals surface area contributed by atoms with Crippen LogP contribution >= 0.6 is 0 Å². The van der Waals surface area contributed by atoms with Gasteiger partial charge in [-0.05, 0) is 44.6 Å². The van der Waals surface area contributed by atoms with E-state index in [9.17, 15) is 13.9 Å². The van der Waals surface area contributed by atoms with Crippen LogP contribution in [0.5, 0.6) is 0 Å². The fourth-order valence-corrected chi connectivity index (χ4v) is 2.50. The highest BCUT2D eigenvalue weighted by molar-refractivity contribution is 5.21. The van der Waals surface area contributed by atoms with E-state index in [1.165, 1.54) is 6.42 Å². The van der Waals surface area contributed by atoms with Gasteiger partial charge in [-0.25, -0.2) is 8.78 Å². The Morgan fingerprint density at radius 1 is 1.47 bits per heavy atom. The van der Waals surface area contributed by atoms with E-state index in [2.05, 4.69) is 17.3 Å². The summed E-state index contributed by atoms with van der Waals surface area (Å²) < 4.78 is 26.5. The predicted molar refractivity (Wildman–Crippen MR) is 69.8 cm³/mol.